The molecule has 1 saturated heterocycles. The average Bonchev–Trinajstić information content (AvgIpc) is 2.42. The zero-order chi connectivity index (χ0) is 13.7. The molecule has 104 valence electrons. The first-order valence-corrected chi connectivity index (χ1v) is 6.88. The minimum absolute atomic E-state index is 0.00657. The van der Waals surface area contributed by atoms with Crippen molar-refractivity contribution in [1.82, 2.24) is 15.2 Å². The van der Waals surface area contributed by atoms with Crippen LogP contribution in [0.15, 0.2) is 18.5 Å². The Hall–Kier alpha value is -1.62. The smallest absolute Gasteiger partial charge is 0.253 e. The van der Waals surface area contributed by atoms with Crippen molar-refractivity contribution in [2.45, 2.75) is 25.8 Å². The van der Waals surface area contributed by atoms with Gasteiger partial charge in [-0.2, -0.15) is 0 Å². The lowest BCUT2D eigenvalue weighted by Crippen LogP contribution is -2.43. The highest BCUT2D eigenvalue weighted by molar-refractivity contribution is 5.99. The molecule has 1 aliphatic rings. The van der Waals surface area contributed by atoms with Crippen molar-refractivity contribution in [3.05, 3.63) is 24.0 Å². The van der Waals surface area contributed by atoms with Crippen molar-refractivity contribution in [3.63, 3.8) is 0 Å². The second-order valence-electron chi connectivity index (χ2n) is 5.00. The number of hydrogen-bond donors (Lipinski definition) is 2. The molecule has 1 amide bonds. The van der Waals surface area contributed by atoms with Crippen LogP contribution in [0.2, 0.25) is 0 Å². The highest BCUT2D eigenvalue weighted by atomic mass is 16.1. The van der Waals surface area contributed by atoms with Crippen LogP contribution in [0.3, 0.4) is 0 Å². The Labute approximate surface area is 114 Å². The van der Waals surface area contributed by atoms with Crippen molar-refractivity contribution in [1.29, 1.82) is 0 Å². The lowest BCUT2D eigenvalue weighted by molar-refractivity contribution is 0.0917. The number of nitrogens with zero attached hydrogens (tertiary/aromatic N) is 2. The second-order valence-corrected chi connectivity index (χ2v) is 5.00. The van der Waals surface area contributed by atoms with Crippen LogP contribution >= 0.6 is 0 Å². The van der Waals surface area contributed by atoms with E-state index in [4.69, 9.17) is 0 Å². The maximum absolute atomic E-state index is 12.3. The first-order valence-electron chi connectivity index (χ1n) is 6.88. The molecule has 0 aliphatic carbocycles. The molecule has 2 rings (SSSR count). The van der Waals surface area contributed by atoms with Crippen molar-refractivity contribution < 1.29 is 4.79 Å². The van der Waals surface area contributed by atoms with E-state index in [-0.39, 0.29) is 11.9 Å². The molecule has 0 aromatic carbocycles. The third kappa shape index (κ3) is 3.67. The normalized spacial score (nSPS) is 17.2. The third-order valence-electron chi connectivity index (χ3n) is 3.49. The van der Waals surface area contributed by atoms with E-state index in [1.807, 2.05) is 6.92 Å². The predicted molar refractivity (Wildman–Crippen MR) is 76.4 cm³/mol. The van der Waals surface area contributed by atoms with E-state index >= 15 is 0 Å². The Morgan fingerprint density at radius 2 is 2.21 bits per heavy atom. The highest BCUT2D eigenvalue weighted by Gasteiger charge is 2.20. The van der Waals surface area contributed by atoms with Gasteiger partial charge in [0.15, 0.2) is 0 Å². The molecule has 0 radical (unpaired) electrons. The van der Waals surface area contributed by atoms with Gasteiger partial charge in [0.2, 0.25) is 0 Å². The summed E-state index contributed by atoms with van der Waals surface area (Å²) in [6.45, 7) is 4.87. The quantitative estimate of drug-likeness (QED) is 0.859. The van der Waals surface area contributed by atoms with Crippen molar-refractivity contribution in [2.75, 3.05) is 32.0 Å². The summed E-state index contributed by atoms with van der Waals surface area (Å²) in [7, 11) is 2.12. The van der Waals surface area contributed by atoms with Crippen LogP contribution in [-0.4, -0.2) is 48.5 Å². The molecule has 0 bridgehead atoms. The first kappa shape index (κ1) is 13.8. The number of carbonyl (C=O) groups excluding carboxylic acids is 1. The average molecular weight is 262 g/mol. The summed E-state index contributed by atoms with van der Waals surface area (Å²) in [5.74, 6) is -0.00657. The fraction of sp³-hybridized carbons (Fsp3) is 0.571. The van der Waals surface area contributed by atoms with Gasteiger partial charge in [-0.1, -0.05) is 0 Å². The van der Waals surface area contributed by atoms with E-state index in [2.05, 4.69) is 27.6 Å². The fourth-order valence-corrected chi connectivity index (χ4v) is 2.34. The molecule has 1 aliphatic heterocycles. The maximum Gasteiger partial charge on any atom is 0.253 e. The van der Waals surface area contributed by atoms with Gasteiger partial charge < -0.3 is 15.5 Å². The molecule has 1 aromatic heterocycles. The summed E-state index contributed by atoms with van der Waals surface area (Å²) in [6.07, 6.45) is 5.39. The number of pyridine rings is 1. The van der Waals surface area contributed by atoms with E-state index in [0.29, 0.717) is 5.56 Å². The zero-order valence-corrected chi connectivity index (χ0v) is 11.6. The molecule has 19 heavy (non-hydrogen) atoms. The van der Waals surface area contributed by atoms with Gasteiger partial charge in [0.25, 0.3) is 5.91 Å². The molecule has 0 spiro atoms. The Kier molecular flexibility index (Phi) is 4.74. The lowest BCUT2D eigenvalue weighted by atomic mass is 10.0. The van der Waals surface area contributed by atoms with Gasteiger partial charge in [-0.15, -0.1) is 0 Å². The summed E-state index contributed by atoms with van der Waals surface area (Å²) >= 11 is 0. The minimum atomic E-state index is -0.00657. The van der Waals surface area contributed by atoms with Crippen LogP contribution in [0.5, 0.6) is 0 Å². The van der Waals surface area contributed by atoms with Crippen molar-refractivity contribution in [2.24, 2.45) is 0 Å². The number of nitrogens with one attached hydrogen (secondary N) is 2. The Balaban J connectivity index is 1.99. The summed E-state index contributed by atoms with van der Waals surface area (Å²) in [6, 6.07) is 2.05. The molecule has 1 aromatic rings. The van der Waals surface area contributed by atoms with Crippen molar-refractivity contribution >= 4 is 11.6 Å². The minimum Gasteiger partial charge on any atom is -0.383 e. The van der Waals surface area contributed by atoms with E-state index < -0.39 is 0 Å². The molecule has 2 N–H and O–H groups in total. The number of aromatic nitrogens is 1. The molecular formula is C14H22N4O. The fourth-order valence-electron chi connectivity index (χ4n) is 2.34. The molecule has 2 heterocycles. The Morgan fingerprint density at radius 3 is 2.89 bits per heavy atom. The number of hydrogen-bond acceptors (Lipinski definition) is 4. The largest absolute Gasteiger partial charge is 0.383 e. The molecule has 0 unspecified atom stereocenters. The summed E-state index contributed by atoms with van der Waals surface area (Å²) in [5, 5.41) is 6.29. The molecule has 5 nitrogen and oxygen atoms in total. The van der Waals surface area contributed by atoms with E-state index in [1.54, 1.807) is 18.5 Å². The van der Waals surface area contributed by atoms with E-state index in [9.17, 15) is 4.79 Å². The Morgan fingerprint density at radius 1 is 1.47 bits per heavy atom. The zero-order valence-electron chi connectivity index (χ0n) is 11.6. The van der Waals surface area contributed by atoms with Crippen LogP contribution in [0, 0.1) is 0 Å². The SMILES string of the molecule is CCNc1cnccc1C(=O)NC1CCN(C)CC1. The molecule has 0 atom stereocenters. The molecular weight excluding hydrogens is 240 g/mol. The van der Waals surface area contributed by atoms with Crippen LogP contribution in [0.1, 0.15) is 30.1 Å². The van der Waals surface area contributed by atoms with E-state index in [0.717, 1.165) is 38.2 Å². The van der Waals surface area contributed by atoms with Gasteiger partial charge in [-0.25, -0.2) is 0 Å². The van der Waals surface area contributed by atoms with Gasteiger partial charge in [0, 0.05) is 18.8 Å². The van der Waals surface area contributed by atoms with Gasteiger partial charge in [-0.05, 0) is 46.0 Å². The number of anilines is 1. The van der Waals surface area contributed by atoms with Gasteiger partial charge in [0.05, 0.1) is 17.4 Å². The summed E-state index contributed by atoms with van der Waals surface area (Å²) in [5.41, 5.74) is 1.48. The second kappa shape index (κ2) is 6.52. The number of carbonyl (C=O) groups is 1. The van der Waals surface area contributed by atoms with Gasteiger partial charge in [-0.3, -0.25) is 9.78 Å². The highest BCUT2D eigenvalue weighted by Crippen LogP contribution is 2.15. The monoisotopic (exact) mass is 262 g/mol. The van der Waals surface area contributed by atoms with E-state index in [1.165, 1.54) is 0 Å². The van der Waals surface area contributed by atoms with Crippen LogP contribution < -0.4 is 10.6 Å². The number of likely N-dealkylation sites (tertiary alicyclic amines) is 1. The standard InChI is InChI=1S/C14H22N4O/c1-3-16-13-10-15-7-4-12(13)14(19)17-11-5-8-18(2)9-6-11/h4,7,10-11,16H,3,5-6,8-9H2,1-2H3,(H,17,19). The molecule has 0 saturated carbocycles. The topological polar surface area (TPSA) is 57.3 Å². The summed E-state index contributed by atoms with van der Waals surface area (Å²) in [4.78, 5) is 18.6. The third-order valence-corrected chi connectivity index (χ3v) is 3.49. The number of piperidine rings is 1. The maximum atomic E-state index is 12.3. The van der Waals surface area contributed by atoms with Crippen LogP contribution in [0.4, 0.5) is 5.69 Å². The number of amides is 1. The first-order chi connectivity index (χ1) is 9.20. The van der Waals surface area contributed by atoms with Gasteiger partial charge in [0.1, 0.15) is 0 Å². The lowest BCUT2D eigenvalue weighted by Gasteiger charge is -2.29. The van der Waals surface area contributed by atoms with Crippen LogP contribution in [0.25, 0.3) is 0 Å². The van der Waals surface area contributed by atoms with Crippen molar-refractivity contribution in [3.8, 4) is 0 Å². The molecule has 5 heteroatoms. The summed E-state index contributed by atoms with van der Waals surface area (Å²) < 4.78 is 0. The van der Waals surface area contributed by atoms with Crippen LogP contribution in [-0.2, 0) is 0 Å². The predicted octanol–water partition coefficient (Wildman–Crippen LogP) is 1.34. The number of rotatable bonds is 4. The van der Waals surface area contributed by atoms with Gasteiger partial charge >= 0.3 is 0 Å². The molecule has 1 fully saturated rings. The Bertz CT molecular complexity index is 427.